The average molecular weight is 393 g/mol. The molecule has 1 N–H and O–H groups in total. The van der Waals surface area contributed by atoms with Crippen molar-refractivity contribution in [3.05, 3.63) is 39.1 Å². The Morgan fingerprint density at radius 2 is 2.04 bits per heavy atom. The van der Waals surface area contributed by atoms with E-state index in [0.29, 0.717) is 22.8 Å². The summed E-state index contributed by atoms with van der Waals surface area (Å²) in [5, 5.41) is 15.1. The molecule has 0 saturated carbocycles. The quantitative estimate of drug-likeness (QED) is 0.429. The van der Waals surface area contributed by atoms with Crippen LogP contribution in [0.25, 0.3) is 0 Å². The van der Waals surface area contributed by atoms with Crippen LogP contribution >= 0.6 is 12.2 Å². The number of carbonyl (C=O) groups excluding carboxylic acids is 1. The van der Waals surface area contributed by atoms with E-state index in [2.05, 4.69) is 5.32 Å². The van der Waals surface area contributed by atoms with E-state index in [1.54, 1.807) is 6.07 Å². The Kier molecular flexibility index (Phi) is 6.37. The van der Waals surface area contributed by atoms with Crippen molar-refractivity contribution in [1.82, 2.24) is 10.2 Å². The van der Waals surface area contributed by atoms with E-state index in [-0.39, 0.29) is 23.0 Å². The molecule has 0 aliphatic carbocycles. The molecule has 0 radical (unpaired) electrons. The van der Waals surface area contributed by atoms with Gasteiger partial charge in [0.2, 0.25) is 5.75 Å². The lowest BCUT2D eigenvalue weighted by atomic mass is 9.92. The minimum atomic E-state index is -0.610. The average Bonchev–Trinajstić information content (AvgIpc) is 2.62. The molecule has 146 valence electrons. The van der Waals surface area contributed by atoms with Gasteiger partial charge in [0.1, 0.15) is 0 Å². The summed E-state index contributed by atoms with van der Waals surface area (Å²) in [4.78, 5) is 25.2. The number of hydrogen-bond donors (Lipinski definition) is 1. The number of nitro groups is 1. The molecule has 1 aliphatic heterocycles. The standard InChI is InChI=1S/C18H23N3O5S/c1-6-7-20-10(2)15(11(3)22)16(19-18(20)27)12-8-13(21(23)24)17(26-5)14(9-12)25-4/h8-9,16H,6-7H2,1-5H3,(H,19,27). The number of rotatable bonds is 7. The van der Waals surface area contributed by atoms with Gasteiger partial charge in [-0.15, -0.1) is 0 Å². The lowest BCUT2D eigenvalue weighted by Crippen LogP contribution is -2.47. The van der Waals surface area contributed by atoms with Crippen molar-refractivity contribution in [2.24, 2.45) is 0 Å². The molecule has 0 spiro atoms. The summed E-state index contributed by atoms with van der Waals surface area (Å²) in [6, 6.07) is 2.40. The highest BCUT2D eigenvalue weighted by Crippen LogP contribution is 2.42. The number of nitrogens with zero attached hydrogens (tertiary/aromatic N) is 2. The van der Waals surface area contributed by atoms with Crippen LogP contribution in [0, 0.1) is 10.1 Å². The molecule has 1 aliphatic rings. The number of carbonyl (C=O) groups is 1. The van der Waals surface area contributed by atoms with Gasteiger partial charge in [-0.2, -0.15) is 0 Å². The van der Waals surface area contributed by atoms with Crippen molar-refractivity contribution in [2.45, 2.75) is 33.2 Å². The minimum Gasteiger partial charge on any atom is -0.493 e. The maximum Gasteiger partial charge on any atom is 0.315 e. The zero-order valence-electron chi connectivity index (χ0n) is 16.0. The van der Waals surface area contributed by atoms with E-state index in [1.807, 2.05) is 18.7 Å². The predicted molar refractivity (Wildman–Crippen MR) is 105 cm³/mol. The summed E-state index contributed by atoms with van der Waals surface area (Å²) in [5.41, 5.74) is 1.52. The van der Waals surface area contributed by atoms with Crippen molar-refractivity contribution in [1.29, 1.82) is 0 Å². The molecule has 8 nitrogen and oxygen atoms in total. The van der Waals surface area contributed by atoms with E-state index < -0.39 is 11.0 Å². The van der Waals surface area contributed by atoms with Crippen molar-refractivity contribution >= 4 is 28.8 Å². The molecule has 1 heterocycles. The molecule has 0 amide bonds. The van der Waals surface area contributed by atoms with Crippen LogP contribution in [-0.4, -0.2) is 41.5 Å². The van der Waals surface area contributed by atoms with E-state index in [0.717, 1.165) is 12.1 Å². The van der Waals surface area contributed by atoms with Gasteiger partial charge in [0.05, 0.1) is 25.2 Å². The lowest BCUT2D eigenvalue weighted by Gasteiger charge is -2.37. The zero-order valence-corrected chi connectivity index (χ0v) is 16.8. The number of allylic oxidation sites excluding steroid dienone is 1. The van der Waals surface area contributed by atoms with Crippen LogP contribution in [0.2, 0.25) is 0 Å². The molecule has 0 aromatic heterocycles. The number of nitrogens with one attached hydrogen (secondary N) is 1. The molecule has 0 saturated heterocycles. The highest BCUT2D eigenvalue weighted by molar-refractivity contribution is 7.80. The summed E-state index contributed by atoms with van der Waals surface area (Å²) in [6.07, 6.45) is 0.858. The first-order chi connectivity index (χ1) is 12.8. The fourth-order valence-corrected chi connectivity index (χ4v) is 3.59. The first kappa shape index (κ1) is 20.6. The van der Waals surface area contributed by atoms with Crippen LogP contribution < -0.4 is 14.8 Å². The molecule has 1 atom stereocenters. The first-order valence-electron chi connectivity index (χ1n) is 8.46. The second-order valence-electron chi connectivity index (χ2n) is 6.12. The van der Waals surface area contributed by atoms with Crippen molar-refractivity contribution in [3.63, 3.8) is 0 Å². The largest absolute Gasteiger partial charge is 0.493 e. The molecule has 0 bridgehead atoms. The van der Waals surface area contributed by atoms with Gasteiger partial charge >= 0.3 is 5.69 Å². The number of benzene rings is 1. The highest BCUT2D eigenvalue weighted by Gasteiger charge is 2.34. The van der Waals surface area contributed by atoms with E-state index in [9.17, 15) is 14.9 Å². The Morgan fingerprint density at radius 3 is 2.52 bits per heavy atom. The van der Waals surface area contributed by atoms with Gasteiger partial charge in [-0.25, -0.2) is 0 Å². The Balaban J connectivity index is 2.68. The molecule has 27 heavy (non-hydrogen) atoms. The molecule has 0 fully saturated rings. The van der Waals surface area contributed by atoms with Crippen molar-refractivity contribution < 1.29 is 19.2 Å². The Morgan fingerprint density at radius 1 is 1.37 bits per heavy atom. The number of hydrogen-bond acceptors (Lipinski definition) is 6. The SMILES string of the molecule is CCCN1C(=S)NC(c2cc(OC)c(OC)c([N+](=O)[O-])c2)C(C(C)=O)=C1C. The van der Waals surface area contributed by atoms with Crippen molar-refractivity contribution in [3.8, 4) is 11.5 Å². The Bertz CT molecular complexity index is 821. The first-order valence-corrected chi connectivity index (χ1v) is 8.87. The minimum absolute atomic E-state index is 0.0299. The van der Waals surface area contributed by atoms with Crippen LogP contribution in [0.4, 0.5) is 5.69 Å². The third-order valence-corrected chi connectivity index (χ3v) is 4.77. The second-order valence-corrected chi connectivity index (χ2v) is 6.51. The monoisotopic (exact) mass is 393 g/mol. The van der Waals surface area contributed by atoms with E-state index in [4.69, 9.17) is 21.7 Å². The normalized spacial score (nSPS) is 16.9. The number of ketones is 1. The molecule has 1 unspecified atom stereocenters. The Labute approximate surface area is 163 Å². The van der Waals surface area contributed by atoms with E-state index in [1.165, 1.54) is 27.2 Å². The van der Waals surface area contributed by atoms with Gasteiger partial charge < -0.3 is 19.7 Å². The summed E-state index contributed by atoms with van der Waals surface area (Å²) in [5.74, 6) is 0.110. The van der Waals surface area contributed by atoms with Crippen LogP contribution in [0.15, 0.2) is 23.4 Å². The fraction of sp³-hybridized carbons (Fsp3) is 0.444. The number of Topliss-reactive ketones (excluding diaryl/α,β-unsaturated/α-hetero) is 1. The molecular formula is C18H23N3O5S. The van der Waals surface area contributed by atoms with Crippen LogP contribution in [0.1, 0.15) is 38.8 Å². The third-order valence-electron chi connectivity index (χ3n) is 4.43. The Hall–Kier alpha value is -2.68. The van der Waals surface area contributed by atoms with E-state index >= 15 is 0 Å². The zero-order chi connectivity index (χ0) is 20.3. The summed E-state index contributed by atoms with van der Waals surface area (Å²) in [7, 11) is 2.74. The number of methoxy groups -OCH3 is 2. The number of ether oxygens (including phenoxy) is 2. The highest BCUT2D eigenvalue weighted by atomic mass is 32.1. The summed E-state index contributed by atoms with van der Waals surface area (Å²) < 4.78 is 10.4. The maximum atomic E-state index is 12.4. The van der Waals surface area contributed by atoms with Gasteiger partial charge in [-0.1, -0.05) is 6.92 Å². The van der Waals surface area contributed by atoms with Gasteiger partial charge in [0, 0.05) is 23.9 Å². The van der Waals surface area contributed by atoms with Gasteiger partial charge in [-0.3, -0.25) is 14.9 Å². The number of nitro benzene ring substituents is 1. The van der Waals surface area contributed by atoms with Gasteiger partial charge in [0.15, 0.2) is 16.6 Å². The fourth-order valence-electron chi connectivity index (χ4n) is 3.25. The summed E-state index contributed by atoms with van der Waals surface area (Å²) >= 11 is 5.46. The summed E-state index contributed by atoms with van der Waals surface area (Å²) in [6.45, 7) is 6.00. The number of thiocarbonyl (C=S) groups is 1. The maximum absolute atomic E-state index is 12.4. The third kappa shape index (κ3) is 3.87. The smallest absolute Gasteiger partial charge is 0.315 e. The van der Waals surface area contributed by atoms with Crippen molar-refractivity contribution in [2.75, 3.05) is 20.8 Å². The topological polar surface area (TPSA) is 93.9 Å². The second kappa shape index (κ2) is 8.34. The molecule has 9 heteroatoms. The molecule has 1 aromatic rings. The molecule has 1 aromatic carbocycles. The van der Waals surface area contributed by atoms with Gasteiger partial charge in [0.25, 0.3) is 0 Å². The molecule has 2 rings (SSSR count). The van der Waals surface area contributed by atoms with Crippen LogP contribution in [-0.2, 0) is 4.79 Å². The lowest BCUT2D eigenvalue weighted by molar-refractivity contribution is -0.385. The van der Waals surface area contributed by atoms with Crippen LogP contribution in [0.5, 0.6) is 11.5 Å². The van der Waals surface area contributed by atoms with Gasteiger partial charge in [-0.05, 0) is 44.1 Å². The van der Waals surface area contributed by atoms with Crippen LogP contribution in [0.3, 0.4) is 0 Å². The molecular weight excluding hydrogens is 370 g/mol. The predicted octanol–water partition coefficient (Wildman–Crippen LogP) is 3.12.